The van der Waals surface area contributed by atoms with Gasteiger partial charge < -0.3 is 9.47 Å². The fraction of sp³-hybridized carbons (Fsp3) is 0.818. The van der Waals surface area contributed by atoms with E-state index in [1.165, 1.54) is 5.57 Å². The molecule has 0 aromatic carbocycles. The Labute approximate surface area is 79.9 Å². The minimum atomic E-state index is -0.416. The van der Waals surface area contributed by atoms with Crippen LogP contribution in [0.3, 0.4) is 0 Å². The molecule has 13 heavy (non-hydrogen) atoms. The van der Waals surface area contributed by atoms with E-state index >= 15 is 0 Å². The van der Waals surface area contributed by atoms with Crippen molar-refractivity contribution in [1.29, 1.82) is 0 Å². The maximum atomic E-state index is 5.98. The first-order chi connectivity index (χ1) is 5.94. The Morgan fingerprint density at radius 2 is 2.15 bits per heavy atom. The van der Waals surface area contributed by atoms with Crippen LogP contribution in [0.25, 0.3) is 0 Å². The number of ether oxygens (including phenoxy) is 2. The molecule has 2 nitrogen and oxygen atoms in total. The van der Waals surface area contributed by atoms with Crippen LogP contribution in [0.2, 0.25) is 0 Å². The average Bonchev–Trinajstić information content (AvgIpc) is 2.39. The van der Waals surface area contributed by atoms with Crippen molar-refractivity contribution in [3.8, 4) is 0 Å². The van der Waals surface area contributed by atoms with Gasteiger partial charge in [-0.3, -0.25) is 0 Å². The molecule has 2 rings (SSSR count). The second-order valence-corrected chi connectivity index (χ2v) is 4.71. The molecule has 0 amide bonds. The quantitative estimate of drug-likeness (QED) is 0.536. The van der Waals surface area contributed by atoms with Crippen molar-refractivity contribution in [3.05, 3.63) is 11.6 Å². The third-order valence-corrected chi connectivity index (χ3v) is 2.99. The van der Waals surface area contributed by atoms with E-state index in [1.807, 2.05) is 13.8 Å². The van der Waals surface area contributed by atoms with E-state index < -0.39 is 5.79 Å². The molecule has 0 radical (unpaired) electrons. The highest BCUT2D eigenvalue weighted by atomic mass is 16.8. The molecule has 1 heterocycles. The second kappa shape index (κ2) is 2.58. The number of rotatable bonds is 0. The van der Waals surface area contributed by atoms with Gasteiger partial charge in [0.2, 0.25) is 0 Å². The van der Waals surface area contributed by atoms with Gasteiger partial charge in [0.25, 0.3) is 0 Å². The van der Waals surface area contributed by atoms with Crippen LogP contribution in [0.1, 0.15) is 40.5 Å². The van der Waals surface area contributed by atoms with E-state index in [0.29, 0.717) is 0 Å². The Morgan fingerprint density at radius 1 is 1.46 bits per heavy atom. The van der Waals surface area contributed by atoms with Gasteiger partial charge in [-0.1, -0.05) is 11.6 Å². The first-order valence-electron chi connectivity index (χ1n) is 5.00. The lowest BCUT2D eigenvalue weighted by Gasteiger charge is -2.24. The van der Waals surface area contributed by atoms with Crippen molar-refractivity contribution >= 4 is 0 Å². The fourth-order valence-corrected chi connectivity index (χ4v) is 2.45. The van der Waals surface area contributed by atoms with E-state index in [2.05, 4.69) is 19.9 Å². The summed E-state index contributed by atoms with van der Waals surface area (Å²) in [6.07, 6.45) is 4.64. The summed E-state index contributed by atoms with van der Waals surface area (Å²) in [7, 11) is 0. The molecule has 0 N–H and O–H groups in total. The highest BCUT2D eigenvalue weighted by Crippen LogP contribution is 2.44. The number of allylic oxidation sites excluding steroid dienone is 1. The SMILES string of the molecule is CC1=C[C@]2(CC1)OC(C)(C)O[C@@H]2C. The second-order valence-electron chi connectivity index (χ2n) is 4.71. The van der Waals surface area contributed by atoms with Crippen molar-refractivity contribution in [2.24, 2.45) is 0 Å². The van der Waals surface area contributed by atoms with Crippen LogP contribution in [-0.4, -0.2) is 17.5 Å². The summed E-state index contributed by atoms with van der Waals surface area (Å²) in [5.41, 5.74) is 1.29. The summed E-state index contributed by atoms with van der Waals surface area (Å²) in [4.78, 5) is 0. The lowest BCUT2D eigenvalue weighted by atomic mass is 9.98. The van der Waals surface area contributed by atoms with Crippen molar-refractivity contribution in [2.75, 3.05) is 0 Å². The van der Waals surface area contributed by atoms with Gasteiger partial charge in [-0.25, -0.2) is 0 Å². The first-order valence-corrected chi connectivity index (χ1v) is 5.00. The Morgan fingerprint density at radius 3 is 2.54 bits per heavy atom. The highest BCUT2D eigenvalue weighted by molar-refractivity contribution is 5.21. The number of hydrogen-bond donors (Lipinski definition) is 0. The standard InChI is InChI=1S/C11H18O2/c1-8-5-6-11(7-8)9(2)12-10(3,4)13-11/h7,9H,5-6H2,1-4H3/t9-,11+/m1/s1. The Hall–Kier alpha value is -0.340. The van der Waals surface area contributed by atoms with Gasteiger partial charge in [0.05, 0.1) is 6.10 Å². The van der Waals surface area contributed by atoms with Crippen molar-refractivity contribution < 1.29 is 9.47 Å². The van der Waals surface area contributed by atoms with E-state index in [1.54, 1.807) is 0 Å². The molecule has 0 saturated carbocycles. The zero-order valence-electron chi connectivity index (χ0n) is 8.89. The Kier molecular flexibility index (Phi) is 1.83. The summed E-state index contributed by atoms with van der Waals surface area (Å²) < 4.78 is 11.7. The summed E-state index contributed by atoms with van der Waals surface area (Å²) in [6.45, 7) is 8.24. The van der Waals surface area contributed by atoms with E-state index in [9.17, 15) is 0 Å². The van der Waals surface area contributed by atoms with Crippen LogP contribution in [0.15, 0.2) is 11.6 Å². The zero-order chi connectivity index (χ0) is 9.69. The van der Waals surface area contributed by atoms with Gasteiger partial charge in [-0.05, 0) is 40.5 Å². The van der Waals surface area contributed by atoms with Gasteiger partial charge in [0, 0.05) is 0 Å². The highest BCUT2D eigenvalue weighted by Gasteiger charge is 2.51. The van der Waals surface area contributed by atoms with Gasteiger partial charge in [-0.2, -0.15) is 0 Å². The van der Waals surface area contributed by atoms with Crippen LogP contribution in [0.5, 0.6) is 0 Å². The lowest BCUT2D eigenvalue weighted by Crippen LogP contribution is -2.34. The molecule has 0 aromatic rings. The van der Waals surface area contributed by atoms with Gasteiger partial charge in [0.15, 0.2) is 5.79 Å². The molecule has 1 fully saturated rings. The van der Waals surface area contributed by atoms with Gasteiger partial charge >= 0.3 is 0 Å². The summed E-state index contributed by atoms with van der Waals surface area (Å²) in [6, 6.07) is 0. The lowest BCUT2D eigenvalue weighted by molar-refractivity contribution is -0.154. The van der Waals surface area contributed by atoms with Crippen molar-refractivity contribution in [2.45, 2.75) is 58.0 Å². The van der Waals surface area contributed by atoms with E-state index in [-0.39, 0.29) is 11.7 Å². The minimum absolute atomic E-state index is 0.131. The minimum Gasteiger partial charge on any atom is -0.344 e. The van der Waals surface area contributed by atoms with Crippen LogP contribution < -0.4 is 0 Å². The molecule has 2 atom stereocenters. The third-order valence-electron chi connectivity index (χ3n) is 2.99. The van der Waals surface area contributed by atoms with Gasteiger partial charge in [0.1, 0.15) is 5.60 Å². The van der Waals surface area contributed by atoms with Crippen LogP contribution in [0.4, 0.5) is 0 Å². The van der Waals surface area contributed by atoms with Gasteiger partial charge in [-0.15, -0.1) is 0 Å². The molecular formula is C11H18O2. The summed E-state index contributed by atoms with van der Waals surface area (Å²) in [5.74, 6) is -0.416. The molecule has 1 spiro atoms. The predicted octanol–water partition coefficient (Wildman–Crippen LogP) is 2.64. The smallest absolute Gasteiger partial charge is 0.164 e. The van der Waals surface area contributed by atoms with Crippen molar-refractivity contribution in [1.82, 2.24) is 0 Å². The third kappa shape index (κ3) is 1.42. The molecule has 1 aliphatic carbocycles. The monoisotopic (exact) mass is 182 g/mol. The largest absolute Gasteiger partial charge is 0.344 e. The summed E-state index contributed by atoms with van der Waals surface area (Å²) in [5, 5.41) is 0. The maximum Gasteiger partial charge on any atom is 0.164 e. The fourth-order valence-electron chi connectivity index (χ4n) is 2.45. The molecular weight excluding hydrogens is 164 g/mol. The zero-order valence-corrected chi connectivity index (χ0v) is 8.89. The van der Waals surface area contributed by atoms with Crippen molar-refractivity contribution in [3.63, 3.8) is 0 Å². The molecule has 0 unspecified atom stereocenters. The van der Waals surface area contributed by atoms with Crippen LogP contribution in [-0.2, 0) is 9.47 Å². The Balaban J connectivity index is 2.26. The molecule has 1 saturated heterocycles. The predicted molar refractivity (Wildman–Crippen MR) is 51.4 cm³/mol. The average molecular weight is 182 g/mol. The molecule has 0 aromatic heterocycles. The molecule has 2 aliphatic rings. The molecule has 0 bridgehead atoms. The van der Waals surface area contributed by atoms with Crippen LogP contribution >= 0.6 is 0 Å². The molecule has 1 aliphatic heterocycles. The Bertz CT molecular complexity index is 255. The molecule has 2 heteroatoms. The van der Waals surface area contributed by atoms with Crippen LogP contribution in [0, 0.1) is 0 Å². The first kappa shape index (κ1) is 9.22. The normalized spacial score (nSPS) is 42.8. The maximum absolute atomic E-state index is 5.98. The summed E-state index contributed by atoms with van der Waals surface area (Å²) >= 11 is 0. The topological polar surface area (TPSA) is 18.5 Å². The number of hydrogen-bond acceptors (Lipinski definition) is 2. The van der Waals surface area contributed by atoms with E-state index in [0.717, 1.165) is 12.8 Å². The van der Waals surface area contributed by atoms with E-state index in [4.69, 9.17) is 9.47 Å². The molecule has 74 valence electrons.